The van der Waals surface area contributed by atoms with Crippen molar-refractivity contribution in [1.82, 2.24) is 9.97 Å². The van der Waals surface area contributed by atoms with Crippen molar-refractivity contribution in [3.05, 3.63) is 96.0 Å². The maximum Gasteiger partial charge on any atom is 0.255 e. The van der Waals surface area contributed by atoms with E-state index in [-0.39, 0.29) is 5.78 Å². The highest BCUT2D eigenvalue weighted by Crippen LogP contribution is 2.42. The minimum Gasteiger partial charge on any atom is -0.307 e. The fourth-order valence-corrected chi connectivity index (χ4v) is 4.08. The lowest BCUT2D eigenvalue weighted by atomic mass is 9.74. The van der Waals surface area contributed by atoms with Crippen LogP contribution in [-0.2, 0) is 14.4 Å². The van der Waals surface area contributed by atoms with Crippen molar-refractivity contribution in [2.24, 2.45) is 5.92 Å². The second-order valence-electron chi connectivity index (χ2n) is 7.51. The van der Waals surface area contributed by atoms with Gasteiger partial charge in [0.1, 0.15) is 23.3 Å². The summed E-state index contributed by atoms with van der Waals surface area (Å²) < 4.78 is 0. The Kier molecular flexibility index (Phi) is 5.89. The van der Waals surface area contributed by atoms with Crippen molar-refractivity contribution in [2.75, 3.05) is 10.2 Å². The molecule has 160 valence electrons. The SMILES string of the molecule is CC(=O)C1C(=O)N(c2ccccn2)C(C)=C(C(=O)Nc2ccccn2)C1c1ccccc1. The van der Waals surface area contributed by atoms with E-state index in [9.17, 15) is 14.4 Å². The number of nitrogens with zero attached hydrogens (tertiary/aromatic N) is 3. The number of nitrogens with one attached hydrogen (secondary N) is 1. The van der Waals surface area contributed by atoms with E-state index in [2.05, 4.69) is 15.3 Å². The highest BCUT2D eigenvalue weighted by atomic mass is 16.2. The normalized spacial score (nSPS) is 18.4. The Morgan fingerprint density at radius 3 is 2.16 bits per heavy atom. The standard InChI is InChI=1S/C25H22N4O3/c1-16-21(24(31)28-19-12-6-8-14-26-19)23(18-10-4-3-5-11-18)22(17(2)30)25(32)29(16)20-13-7-9-15-27-20/h3-15,22-23H,1-2H3,(H,26,28,31). The van der Waals surface area contributed by atoms with Gasteiger partial charge in [0.25, 0.3) is 5.91 Å². The van der Waals surface area contributed by atoms with Gasteiger partial charge in [0.2, 0.25) is 5.91 Å². The molecular weight excluding hydrogens is 404 g/mol. The van der Waals surface area contributed by atoms with Gasteiger partial charge in [-0.3, -0.25) is 19.3 Å². The van der Waals surface area contributed by atoms with E-state index in [1.807, 2.05) is 30.3 Å². The summed E-state index contributed by atoms with van der Waals surface area (Å²) in [5.41, 5.74) is 1.47. The summed E-state index contributed by atoms with van der Waals surface area (Å²) in [4.78, 5) is 49.7. The number of carbonyl (C=O) groups excluding carboxylic acids is 3. The Bertz CT molecular complexity index is 1180. The molecule has 1 aliphatic rings. The van der Waals surface area contributed by atoms with Crippen molar-refractivity contribution in [3.63, 3.8) is 0 Å². The van der Waals surface area contributed by atoms with Crippen molar-refractivity contribution in [2.45, 2.75) is 19.8 Å². The highest BCUT2D eigenvalue weighted by molar-refractivity contribution is 6.16. The van der Waals surface area contributed by atoms with Crippen LogP contribution < -0.4 is 10.2 Å². The molecule has 0 fully saturated rings. The fourth-order valence-electron chi connectivity index (χ4n) is 4.08. The number of ketones is 1. The molecule has 3 heterocycles. The average Bonchev–Trinajstić information content (AvgIpc) is 2.80. The third-order valence-corrected chi connectivity index (χ3v) is 5.48. The van der Waals surface area contributed by atoms with Gasteiger partial charge >= 0.3 is 0 Å². The second-order valence-corrected chi connectivity index (χ2v) is 7.51. The Morgan fingerprint density at radius 1 is 0.906 bits per heavy atom. The van der Waals surface area contributed by atoms with Gasteiger partial charge in [-0.1, -0.05) is 42.5 Å². The predicted octanol–water partition coefficient (Wildman–Crippen LogP) is 3.72. The molecule has 2 amide bonds. The van der Waals surface area contributed by atoms with Gasteiger partial charge in [-0.2, -0.15) is 0 Å². The van der Waals surface area contributed by atoms with E-state index in [1.165, 1.54) is 11.8 Å². The van der Waals surface area contributed by atoms with E-state index in [0.29, 0.717) is 28.5 Å². The lowest BCUT2D eigenvalue weighted by Crippen LogP contribution is -2.48. The van der Waals surface area contributed by atoms with Crippen molar-refractivity contribution >= 4 is 29.2 Å². The minimum absolute atomic E-state index is 0.319. The van der Waals surface area contributed by atoms with Crippen molar-refractivity contribution in [1.29, 1.82) is 0 Å². The number of pyridine rings is 2. The molecule has 0 saturated heterocycles. The molecule has 2 atom stereocenters. The van der Waals surface area contributed by atoms with Gasteiger partial charge in [-0.05, 0) is 43.7 Å². The second kappa shape index (κ2) is 8.93. The van der Waals surface area contributed by atoms with Crippen LogP contribution in [0.1, 0.15) is 25.3 Å². The molecule has 0 radical (unpaired) electrons. The third kappa shape index (κ3) is 3.92. The summed E-state index contributed by atoms with van der Waals surface area (Å²) in [5.74, 6) is -2.20. The molecular formula is C25H22N4O3. The number of hydrogen-bond donors (Lipinski definition) is 1. The number of amides is 2. The van der Waals surface area contributed by atoms with Crippen LogP contribution in [0.25, 0.3) is 0 Å². The Hall–Kier alpha value is -4.13. The van der Waals surface area contributed by atoms with E-state index in [4.69, 9.17) is 0 Å². The van der Waals surface area contributed by atoms with Crippen LogP contribution in [0, 0.1) is 5.92 Å². The van der Waals surface area contributed by atoms with Crippen molar-refractivity contribution < 1.29 is 14.4 Å². The zero-order valence-electron chi connectivity index (χ0n) is 17.7. The Balaban J connectivity index is 1.91. The first-order chi connectivity index (χ1) is 15.5. The quantitative estimate of drug-likeness (QED) is 0.628. The van der Waals surface area contributed by atoms with Gasteiger partial charge in [-0.25, -0.2) is 9.97 Å². The number of allylic oxidation sites excluding steroid dienone is 1. The molecule has 32 heavy (non-hydrogen) atoms. The largest absolute Gasteiger partial charge is 0.307 e. The first-order valence-electron chi connectivity index (χ1n) is 10.2. The molecule has 0 bridgehead atoms. The van der Waals surface area contributed by atoms with E-state index >= 15 is 0 Å². The lowest BCUT2D eigenvalue weighted by Gasteiger charge is -2.38. The van der Waals surface area contributed by atoms with Crippen LogP contribution in [0.3, 0.4) is 0 Å². The van der Waals surface area contributed by atoms with Crippen LogP contribution in [0.4, 0.5) is 11.6 Å². The van der Waals surface area contributed by atoms with Crippen LogP contribution in [0.5, 0.6) is 0 Å². The Morgan fingerprint density at radius 2 is 1.56 bits per heavy atom. The van der Waals surface area contributed by atoms with Crippen molar-refractivity contribution in [3.8, 4) is 0 Å². The molecule has 0 saturated carbocycles. The highest BCUT2D eigenvalue weighted by Gasteiger charge is 2.47. The summed E-state index contributed by atoms with van der Waals surface area (Å²) in [6.45, 7) is 3.08. The first kappa shape index (κ1) is 21.1. The molecule has 1 aliphatic heterocycles. The minimum atomic E-state index is -1.06. The molecule has 7 nitrogen and oxygen atoms in total. The maximum absolute atomic E-state index is 13.6. The maximum atomic E-state index is 13.6. The number of anilines is 2. The van der Waals surface area contributed by atoms with Gasteiger partial charge < -0.3 is 5.32 Å². The van der Waals surface area contributed by atoms with E-state index in [0.717, 1.165) is 0 Å². The molecule has 0 spiro atoms. The van der Waals surface area contributed by atoms with Crippen LogP contribution in [-0.4, -0.2) is 27.6 Å². The third-order valence-electron chi connectivity index (χ3n) is 5.48. The number of benzene rings is 1. The zero-order chi connectivity index (χ0) is 22.7. The molecule has 1 aromatic carbocycles. The molecule has 1 N–H and O–H groups in total. The summed E-state index contributed by atoms with van der Waals surface area (Å²) in [6.07, 6.45) is 3.14. The van der Waals surface area contributed by atoms with Gasteiger partial charge in [0, 0.05) is 29.6 Å². The van der Waals surface area contributed by atoms with Gasteiger partial charge in [0.15, 0.2) is 0 Å². The molecule has 2 aromatic heterocycles. The first-order valence-corrected chi connectivity index (χ1v) is 10.2. The Labute approximate surface area is 185 Å². The summed E-state index contributed by atoms with van der Waals surface area (Å²) >= 11 is 0. The van der Waals surface area contributed by atoms with Crippen LogP contribution in [0.2, 0.25) is 0 Å². The fraction of sp³-hybridized carbons (Fsp3) is 0.160. The molecule has 4 rings (SSSR count). The van der Waals surface area contributed by atoms with Crippen LogP contribution in [0.15, 0.2) is 90.4 Å². The van der Waals surface area contributed by atoms with E-state index < -0.39 is 23.7 Å². The number of rotatable bonds is 5. The topological polar surface area (TPSA) is 92.3 Å². The number of carbonyl (C=O) groups is 3. The molecule has 7 heteroatoms. The lowest BCUT2D eigenvalue weighted by molar-refractivity contribution is -0.132. The number of aromatic nitrogens is 2. The van der Waals surface area contributed by atoms with E-state index in [1.54, 1.807) is 55.7 Å². The summed E-state index contributed by atoms with van der Waals surface area (Å²) in [5, 5.41) is 2.81. The van der Waals surface area contributed by atoms with Crippen LogP contribution >= 0.6 is 0 Å². The number of hydrogen-bond acceptors (Lipinski definition) is 5. The molecule has 0 aliphatic carbocycles. The monoisotopic (exact) mass is 426 g/mol. The van der Waals surface area contributed by atoms with Gasteiger partial charge in [0.05, 0.1) is 0 Å². The summed E-state index contributed by atoms with van der Waals surface area (Å²) in [7, 11) is 0. The predicted molar refractivity (Wildman–Crippen MR) is 121 cm³/mol. The van der Waals surface area contributed by atoms with Gasteiger partial charge in [-0.15, -0.1) is 0 Å². The zero-order valence-corrected chi connectivity index (χ0v) is 17.7. The summed E-state index contributed by atoms with van der Waals surface area (Å²) in [6, 6.07) is 19.5. The smallest absolute Gasteiger partial charge is 0.255 e. The molecule has 3 aromatic rings. The number of Topliss-reactive ketones (excluding diaryl/α,β-unsaturated/α-hetero) is 1. The molecule has 2 unspecified atom stereocenters. The average molecular weight is 426 g/mol.